The molecule has 0 fully saturated rings. The molecule has 0 aliphatic carbocycles. The van der Waals surface area contributed by atoms with E-state index in [1.807, 2.05) is 36.4 Å². The quantitative estimate of drug-likeness (QED) is 0.362. The van der Waals surface area contributed by atoms with Crippen LogP contribution in [0.15, 0.2) is 79.4 Å². The third-order valence-electron chi connectivity index (χ3n) is 4.36. The highest BCUT2D eigenvalue weighted by Crippen LogP contribution is 2.27. The number of methoxy groups -OCH3 is 1. The summed E-state index contributed by atoms with van der Waals surface area (Å²) in [7, 11) is 1.57. The van der Waals surface area contributed by atoms with Crippen molar-refractivity contribution in [2.45, 2.75) is 0 Å². The summed E-state index contributed by atoms with van der Waals surface area (Å²) in [5, 5.41) is 0.444. The zero-order chi connectivity index (χ0) is 19.5. The Bertz CT molecular complexity index is 1150. The van der Waals surface area contributed by atoms with Crippen LogP contribution < -0.4 is 4.74 Å². The largest absolute Gasteiger partial charge is 0.497 e. The molecule has 0 N–H and O–H groups in total. The van der Waals surface area contributed by atoms with Crippen LogP contribution in [-0.2, 0) is 0 Å². The van der Waals surface area contributed by atoms with Crippen molar-refractivity contribution in [3.05, 3.63) is 95.8 Å². The van der Waals surface area contributed by atoms with Gasteiger partial charge in [0, 0.05) is 29.2 Å². The summed E-state index contributed by atoms with van der Waals surface area (Å²) in [5.41, 5.74) is 3.54. The van der Waals surface area contributed by atoms with Gasteiger partial charge < -0.3 is 9.30 Å². The van der Waals surface area contributed by atoms with Gasteiger partial charge in [-0.1, -0.05) is 35.9 Å². The van der Waals surface area contributed by atoms with Gasteiger partial charge in [-0.15, -0.1) is 0 Å². The number of hydrogen-bond acceptors (Lipinski definition) is 4. The third kappa shape index (κ3) is 3.52. The molecule has 0 atom stereocenters. The van der Waals surface area contributed by atoms with Crippen molar-refractivity contribution in [3.8, 4) is 22.6 Å². The second-order valence-electron chi connectivity index (χ2n) is 6.12. The first kappa shape index (κ1) is 17.9. The van der Waals surface area contributed by atoms with Crippen LogP contribution in [0.5, 0.6) is 5.75 Å². The number of rotatable bonds is 5. The molecular formula is C22H16ClN3O2. The van der Waals surface area contributed by atoms with Gasteiger partial charge in [0.25, 0.3) is 0 Å². The predicted octanol–water partition coefficient (Wildman–Crippen LogP) is 4.83. The maximum Gasteiger partial charge on any atom is 0.213 e. The number of aromatic nitrogens is 3. The first-order valence-corrected chi connectivity index (χ1v) is 8.97. The van der Waals surface area contributed by atoms with Crippen LogP contribution in [0.3, 0.4) is 0 Å². The van der Waals surface area contributed by atoms with Gasteiger partial charge in [0.1, 0.15) is 22.9 Å². The number of carbonyl (C=O) groups is 1. The summed E-state index contributed by atoms with van der Waals surface area (Å²) >= 11 is 6.21. The van der Waals surface area contributed by atoms with Gasteiger partial charge in [-0.25, -0.2) is 9.97 Å². The average Bonchev–Trinajstić information content (AvgIpc) is 3.24. The Kier molecular flexibility index (Phi) is 4.91. The Morgan fingerprint density at radius 3 is 2.71 bits per heavy atom. The summed E-state index contributed by atoms with van der Waals surface area (Å²) in [6.45, 7) is 0. The fourth-order valence-corrected chi connectivity index (χ4v) is 3.16. The maximum atomic E-state index is 12.7. The highest BCUT2D eigenvalue weighted by molar-refractivity contribution is 6.32. The molecule has 0 spiro atoms. The highest BCUT2D eigenvalue weighted by Gasteiger charge is 2.14. The van der Waals surface area contributed by atoms with Gasteiger partial charge in [-0.3, -0.25) is 4.79 Å². The molecule has 2 aromatic heterocycles. The Morgan fingerprint density at radius 1 is 1.04 bits per heavy atom. The molecule has 4 aromatic rings. The lowest BCUT2D eigenvalue weighted by Gasteiger charge is -2.07. The van der Waals surface area contributed by atoms with Crippen LogP contribution in [0.4, 0.5) is 0 Å². The Balaban J connectivity index is 1.65. The molecule has 138 valence electrons. The summed E-state index contributed by atoms with van der Waals surface area (Å²) in [5.74, 6) is 0.468. The van der Waals surface area contributed by atoms with E-state index in [-0.39, 0.29) is 5.78 Å². The van der Waals surface area contributed by atoms with Gasteiger partial charge in [-0.2, -0.15) is 0 Å². The minimum Gasteiger partial charge on any atom is -0.497 e. The standard InChI is InChI=1S/C22H16ClN3O2/c1-28-18-8-3-6-16(12-18)21(27)20-13-26(14-25-20)17-7-2-5-15(11-17)19-9-4-10-24-22(19)23/h2-14H,1H3. The molecule has 0 saturated heterocycles. The van der Waals surface area contributed by atoms with E-state index >= 15 is 0 Å². The second-order valence-corrected chi connectivity index (χ2v) is 6.48. The zero-order valence-corrected chi connectivity index (χ0v) is 15.8. The van der Waals surface area contributed by atoms with E-state index in [1.54, 1.807) is 54.7 Å². The number of benzene rings is 2. The van der Waals surface area contributed by atoms with E-state index in [0.29, 0.717) is 22.2 Å². The molecule has 2 heterocycles. The summed E-state index contributed by atoms with van der Waals surface area (Å²) in [6.07, 6.45) is 4.99. The number of hydrogen-bond donors (Lipinski definition) is 0. The summed E-state index contributed by atoms with van der Waals surface area (Å²) in [4.78, 5) is 21.1. The first-order valence-electron chi connectivity index (χ1n) is 8.60. The van der Waals surface area contributed by atoms with Gasteiger partial charge in [0.15, 0.2) is 0 Å². The van der Waals surface area contributed by atoms with Crippen LogP contribution in [0.2, 0.25) is 5.15 Å². The van der Waals surface area contributed by atoms with E-state index < -0.39 is 0 Å². The number of carbonyl (C=O) groups excluding carboxylic acids is 1. The second kappa shape index (κ2) is 7.66. The van der Waals surface area contributed by atoms with Crippen molar-refractivity contribution in [1.29, 1.82) is 0 Å². The van der Waals surface area contributed by atoms with Crippen molar-refractivity contribution in [1.82, 2.24) is 14.5 Å². The molecular weight excluding hydrogens is 374 g/mol. The molecule has 0 radical (unpaired) electrons. The number of nitrogens with zero attached hydrogens (tertiary/aromatic N) is 3. The van der Waals surface area contributed by atoms with Crippen LogP contribution in [0, 0.1) is 0 Å². The van der Waals surface area contributed by atoms with Gasteiger partial charge in [0.2, 0.25) is 5.78 Å². The minimum atomic E-state index is -0.163. The predicted molar refractivity (Wildman–Crippen MR) is 108 cm³/mol. The summed E-state index contributed by atoms with van der Waals surface area (Å²) < 4.78 is 6.99. The van der Waals surface area contributed by atoms with Gasteiger partial charge >= 0.3 is 0 Å². The monoisotopic (exact) mass is 389 g/mol. The molecule has 0 unspecified atom stereocenters. The molecule has 4 rings (SSSR count). The van der Waals surface area contributed by atoms with E-state index in [1.165, 1.54) is 0 Å². The number of ketones is 1. The lowest BCUT2D eigenvalue weighted by Crippen LogP contribution is -2.02. The van der Waals surface area contributed by atoms with Crippen LogP contribution in [0.1, 0.15) is 16.1 Å². The number of ether oxygens (including phenoxy) is 1. The molecule has 0 aliphatic rings. The van der Waals surface area contributed by atoms with Gasteiger partial charge in [-0.05, 0) is 42.0 Å². The lowest BCUT2D eigenvalue weighted by atomic mass is 10.1. The lowest BCUT2D eigenvalue weighted by molar-refractivity contribution is 0.103. The SMILES string of the molecule is COc1cccc(C(=O)c2cn(-c3cccc(-c4cccnc4Cl)c3)cn2)c1. The third-order valence-corrected chi connectivity index (χ3v) is 4.66. The van der Waals surface area contributed by atoms with Gasteiger partial charge in [0.05, 0.1) is 7.11 Å². The zero-order valence-electron chi connectivity index (χ0n) is 15.0. The topological polar surface area (TPSA) is 57.0 Å². The first-order chi connectivity index (χ1) is 13.7. The van der Waals surface area contributed by atoms with Crippen molar-refractivity contribution in [3.63, 3.8) is 0 Å². The number of halogens is 1. The molecule has 6 heteroatoms. The molecule has 28 heavy (non-hydrogen) atoms. The number of pyridine rings is 1. The van der Waals surface area contributed by atoms with Crippen molar-refractivity contribution < 1.29 is 9.53 Å². The van der Waals surface area contributed by atoms with E-state index in [4.69, 9.17) is 16.3 Å². The van der Waals surface area contributed by atoms with E-state index in [9.17, 15) is 4.79 Å². The fourth-order valence-electron chi connectivity index (χ4n) is 2.93. The van der Waals surface area contributed by atoms with Crippen LogP contribution in [-0.4, -0.2) is 27.4 Å². The van der Waals surface area contributed by atoms with Crippen molar-refractivity contribution in [2.75, 3.05) is 7.11 Å². The smallest absolute Gasteiger partial charge is 0.213 e. The van der Waals surface area contributed by atoms with Crippen molar-refractivity contribution >= 4 is 17.4 Å². The molecule has 0 aliphatic heterocycles. The summed E-state index contributed by atoms with van der Waals surface area (Å²) in [6, 6.07) is 18.6. The molecule has 0 saturated carbocycles. The Hall–Kier alpha value is -3.44. The highest BCUT2D eigenvalue weighted by atomic mass is 35.5. The maximum absolute atomic E-state index is 12.7. The molecule has 0 amide bonds. The Labute approximate surface area is 167 Å². The van der Waals surface area contributed by atoms with E-state index in [0.717, 1.165) is 16.8 Å². The molecule has 0 bridgehead atoms. The number of imidazole rings is 1. The Morgan fingerprint density at radius 2 is 1.89 bits per heavy atom. The molecule has 2 aromatic carbocycles. The van der Waals surface area contributed by atoms with Crippen molar-refractivity contribution in [2.24, 2.45) is 0 Å². The fraction of sp³-hybridized carbons (Fsp3) is 0.0455. The normalized spacial score (nSPS) is 10.6. The van der Waals surface area contributed by atoms with Crippen LogP contribution >= 0.6 is 11.6 Å². The van der Waals surface area contributed by atoms with Crippen LogP contribution in [0.25, 0.3) is 16.8 Å². The van der Waals surface area contributed by atoms with E-state index in [2.05, 4.69) is 9.97 Å². The molecule has 5 nitrogen and oxygen atoms in total. The minimum absolute atomic E-state index is 0.163. The average molecular weight is 390 g/mol.